The Morgan fingerprint density at radius 2 is 2.22 bits per heavy atom. The standard InChI is InChI=1S/C17H16ClNO3S/c1-4-22-14-6-5-13(23-14)16(20)11-8-12-10(7-9(2)19-12)15(18)17(11)21-3/h5-7H,4,8H2,1-3H3. The van der Waals surface area contributed by atoms with Crippen molar-refractivity contribution >= 4 is 34.4 Å². The first-order valence-corrected chi connectivity index (χ1v) is 8.45. The van der Waals surface area contributed by atoms with Crippen LogP contribution in [0.15, 0.2) is 50.8 Å². The first kappa shape index (κ1) is 16.0. The molecule has 0 N–H and O–H groups in total. The van der Waals surface area contributed by atoms with Gasteiger partial charge in [0.2, 0.25) is 5.78 Å². The second-order valence-corrected chi connectivity index (χ2v) is 6.57. The fraction of sp³-hybridized carbons (Fsp3) is 0.294. The Morgan fingerprint density at radius 3 is 2.91 bits per heavy atom. The van der Waals surface area contributed by atoms with Crippen LogP contribution in [0, 0.1) is 0 Å². The van der Waals surface area contributed by atoms with Crippen LogP contribution in [0.3, 0.4) is 0 Å². The minimum Gasteiger partial charge on any atom is -0.495 e. The van der Waals surface area contributed by atoms with Gasteiger partial charge in [-0.1, -0.05) is 22.9 Å². The van der Waals surface area contributed by atoms with Gasteiger partial charge >= 0.3 is 0 Å². The van der Waals surface area contributed by atoms with Gasteiger partial charge in [0.15, 0.2) is 5.06 Å². The van der Waals surface area contributed by atoms with Crippen LogP contribution in [0.4, 0.5) is 0 Å². The summed E-state index contributed by atoms with van der Waals surface area (Å²) in [6.45, 7) is 4.39. The molecule has 2 heterocycles. The second kappa shape index (κ2) is 6.34. The summed E-state index contributed by atoms with van der Waals surface area (Å²) in [6.07, 6.45) is 2.33. The predicted molar refractivity (Wildman–Crippen MR) is 92.5 cm³/mol. The fourth-order valence-corrected chi connectivity index (χ4v) is 3.87. The number of allylic oxidation sites excluding steroid dienone is 5. The number of hydrogen-bond acceptors (Lipinski definition) is 5. The molecular weight excluding hydrogens is 334 g/mol. The third kappa shape index (κ3) is 2.86. The number of ketones is 1. The minimum absolute atomic E-state index is 0.0951. The number of Topliss-reactive ketones (excluding diaryl/α,β-unsaturated/α-hetero) is 1. The highest BCUT2D eigenvalue weighted by atomic mass is 35.5. The van der Waals surface area contributed by atoms with Gasteiger partial charge in [0.05, 0.1) is 34.9 Å². The summed E-state index contributed by atoms with van der Waals surface area (Å²) in [5, 5.41) is 1.17. The highest BCUT2D eigenvalue weighted by molar-refractivity contribution is 7.16. The zero-order valence-corrected chi connectivity index (χ0v) is 14.7. The van der Waals surface area contributed by atoms with E-state index >= 15 is 0 Å². The fourth-order valence-electron chi connectivity index (χ4n) is 2.63. The molecule has 0 aromatic carbocycles. The third-order valence-corrected chi connectivity index (χ3v) is 4.97. The summed E-state index contributed by atoms with van der Waals surface area (Å²) in [5.41, 5.74) is 3.08. The molecule has 0 bridgehead atoms. The van der Waals surface area contributed by atoms with Crippen LogP contribution in [0.1, 0.15) is 29.9 Å². The molecule has 1 aliphatic heterocycles. The number of methoxy groups -OCH3 is 1. The number of nitrogens with zero attached hydrogens (tertiary/aromatic N) is 1. The van der Waals surface area contributed by atoms with E-state index in [1.54, 1.807) is 12.1 Å². The van der Waals surface area contributed by atoms with Crippen LogP contribution in [-0.2, 0) is 4.74 Å². The van der Waals surface area contributed by atoms with Crippen LogP contribution in [-0.4, -0.2) is 25.2 Å². The van der Waals surface area contributed by atoms with Gasteiger partial charge in [0.25, 0.3) is 0 Å². The van der Waals surface area contributed by atoms with Crippen molar-refractivity contribution in [3.63, 3.8) is 0 Å². The highest BCUT2D eigenvalue weighted by Gasteiger charge is 2.32. The van der Waals surface area contributed by atoms with Gasteiger partial charge in [0.1, 0.15) is 5.76 Å². The lowest BCUT2D eigenvalue weighted by molar-refractivity contribution is 0.102. The molecule has 0 spiro atoms. The number of aliphatic imine (C=N–C) groups is 1. The Kier molecular flexibility index (Phi) is 4.41. The molecule has 0 saturated carbocycles. The first-order chi connectivity index (χ1) is 11.0. The smallest absolute Gasteiger partial charge is 0.203 e. The predicted octanol–water partition coefficient (Wildman–Crippen LogP) is 4.49. The van der Waals surface area contributed by atoms with Crippen molar-refractivity contribution in [2.45, 2.75) is 20.3 Å². The molecule has 0 fully saturated rings. The maximum atomic E-state index is 12.9. The lowest BCUT2D eigenvalue weighted by atomic mass is 9.92. The quantitative estimate of drug-likeness (QED) is 0.736. The van der Waals surface area contributed by atoms with E-state index in [4.69, 9.17) is 21.1 Å². The lowest BCUT2D eigenvalue weighted by Gasteiger charge is -2.19. The number of carbonyl (C=O) groups excluding carboxylic acids is 1. The van der Waals surface area contributed by atoms with E-state index in [-0.39, 0.29) is 5.78 Å². The van der Waals surface area contributed by atoms with E-state index in [2.05, 4.69) is 4.99 Å². The lowest BCUT2D eigenvalue weighted by Crippen LogP contribution is -2.17. The highest BCUT2D eigenvalue weighted by Crippen LogP contribution is 2.38. The molecule has 1 aromatic heterocycles. The summed E-state index contributed by atoms with van der Waals surface area (Å²) < 4.78 is 10.8. The normalized spacial score (nSPS) is 17.0. The van der Waals surface area contributed by atoms with Gasteiger partial charge in [0, 0.05) is 17.7 Å². The summed E-state index contributed by atoms with van der Waals surface area (Å²) in [7, 11) is 1.53. The van der Waals surface area contributed by atoms with Gasteiger partial charge in [-0.2, -0.15) is 0 Å². The molecule has 0 atom stereocenters. The molecule has 23 heavy (non-hydrogen) atoms. The number of fused-ring (bicyclic) bond motifs is 1. The number of rotatable bonds is 5. The minimum atomic E-state index is -0.0951. The molecular formula is C17H16ClNO3S. The van der Waals surface area contributed by atoms with E-state index in [0.717, 1.165) is 22.0 Å². The Balaban J connectivity index is 1.99. The van der Waals surface area contributed by atoms with Crippen molar-refractivity contribution in [1.29, 1.82) is 0 Å². The van der Waals surface area contributed by atoms with Crippen molar-refractivity contribution in [2.24, 2.45) is 4.99 Å². The van der Waals surface area contributed by atoms with Crippen LogP contribution in [0.2, 0.25) is 0 Å². The summed E-state index contributed by atoms with van der Waals surface area (Å²) in [5.74, 6) is 0.338. The molecule has 120 valence electrons. The topological polar surface area (TPSA) is 47.9 Å². The summed E-state index contributed by atoms with van der Waals surface area (Å²) in [4.78, 5) is 17.9. The average Bonchev–Trinajstić information content (AvgIpc) is 3.13. The number of halogens is 1. The van der Waals surface area contributed by atoms with Gasteiger partial charge in [-0.05, 0) is 32.1 Å². The van der Waals surface area contributed by atoms with Crippen LogP contribution in [0.5, 0.6) is 5.06 Å². The second-order valence-electron chi connectivity index (χ2n) is 5.14. The summed E-state index contributed by atoms with van der Waals surface area (Å²) in [6, 6.07) is 3.57. The maximum absolute atomic E-state index is 12.9. The Bertz CT molecular complexity index is 799. The zero-order valence-electron chi connectivity index (χ0n) is 13.1. The third-order valence-electron chi connectivity index (χ3n) is 3.60. The molecule has 0 radical (unpaired) electrons. The number of thiophene rings is 1. The summed E-state index contributed by atoms with van der Waals surface area (Å²) >= 11 is 7.75. The van der Waals surface area contributed by atoms with E-state index in [1.165, 1.54) is 18.4 Å². The molecule has 2 aliphatic rings. The molecule has 4 nitrogen and oxygen atoms in total. The Labute approximate surface area is 143 Å². The van der Waals surface area contributed by atoms with E-state index < -0.39 is 0 Å². The Hall–Kier alpha value is -1.85. The van der Waals surface area contributed by atoms with Gasteiger partial charge in [-0.15, -0.1) is 0 Å². The van der Waals surface area contributed by atoms with E-state index in [9.17, 15) is 4.79 Å². The molecule has 0 unspecified atom stereocenters. The molecule has 0 amide bonds. The zero-order chi connectivity index (χ0) is 16.6. The van der Waals surface area contributed by atoms with Crippen LogP contribution in [0.25, 0.3) is 0 Å². The molecule has 1 aromatic rings. The number of ether oxygens (including phenoxy) is 2. The Morgan fingerprint density at radius 1 is 1.43 bits per heavy atom. The monoisotopic (exact) mass is 349 g/mol. The van der Waals surface area contributed by atoms with E-state index in [0.29, 0.717) is 34.3 Å². The number of hydrogen-bond donors (Lipinski definition) is 0. The molecule has 1 aliphatic carbocycles. The van der Waals surface area contributed by atoms with Gasteiger partial charge in [-0.3, -0.25) is 9.79 Å². The largest absolute Gasteiger partial charge is 0.495 e. The van der Waals surface area contributed by atoms with Crippen LogP contribution >= 0.6 is 22.9 Å². The van der Waals surface area contributed by atoms with Crippen molar-refractivity contribution in [2.75, 3.05) is 13.7 Å². The maximum Gasteiger partial charge on any atom is 0.203 e. The average molecular weight is 350 g/mol. The van der Waals surface area contributed by atoms with E-state index in [1.807, 2.05) is 19.9 Å². The van der Waals surface area contributed by atoms with Gasteiger partial charge in [-0.25, -0.2) is 0 Å². The van der Waals surface area contributed by atoms with Gasteiger partial charge < -0.3 is 9.47 Å². The van der Waals surface area contributed by atoms with Crippen molar-refractivity contribution in [3.8, 4) is 5.06 Å². The number of carbonyl (C=O) groups is 1. The SMILES string of the molecule is CCOc1ccc(C(=O)C2=C(OC)C(Cl)=C3C=C(C)N=C3C2)s1. The molecule has 0 saturated heterocycles. The molecule has 6 heteroatoms. The van der Waals surface area contributed by atoms with Crippen molar-refractivity contribution in [1.82, 2.24) is 0 Å². The first-order valence-electron chi connectivity index (χ1n) is 7.26. The van der Waals surface area contributed by atoms with Crippen LogP contribution < -0.4 is 4.74 Å². The van der Waals surface area contributed by atoms with Crippen molar-refractivity contribution in [3.05, 3.63) is 50.7 Å². The van der Waals surface area contributed by atoms with Crippen molar-refractivity contribution < 1.29 is 14.3 Å². The molecule has 3 rings (SSSR count).